The lowest BCUT2D eigenvalue weighted by molar-refractivity contribution is 0.0908. The van der Waals surface area contributed by atoms with Crippen LogP contribution in [0.1, 0.15) is 39.0 Å². The molecule has 2 aromatic carbocycles. The largest absolute Gasteiger partial charge is 0.294 e. The second kappa shape index (κ2) is 5.44. The summed E-state index contributed by atoms with van der Waals surface area (Å²) < 4.78 is 13.7. The van der Waals surface area contributed by atoms with E-state index in [4.69, 9.17) is 0 Å². The van der Waals surface area contributed by atoms with Crippen molar-refractivity contribution in [2.24, 2.45) is 5.92 Å². The third-order valence-corrected chi connectivity index (χ3v) is 4.44. The number of fused-ring (bicyclic) bond motifs is 1. The fraction of sp³-hybridized carbons (Fsp3) is 0.316. The molecule has 1 aliphatic rings. The van der Waals surface area contributed by atoms with Crippen LogP contribution in [0.25, 0.3) is 0 Å². The molecule has 0 bridgehead atoms. The van der Waals surface area contributed by atoms with Crippen molar-refractivity contribution in [1.29, 1.82) is 0 Å². The Morgan fingerprint density at radius 1 is 1.10 bits per heavy atom. The number of Topliss-reactive ketones (excluding diaryl/α,β-unsaturated/α-hetero) is 1. The maximum absolute atomic E-state index is 13.7. The first-order valence-corrected chi connectivity index (χ1v) is 7.44. The normalized spacial score (nSPS) is 17.4. The number of hydrogen-bond donors (Lipinski definition) is 0. The first-order chi connectivity index (χ1) is 10.1. The van der Waals surface area contributed by atoms with Crippen molar-refractivity contribution < 1.29 is 9.18 Å². The Morgan fingerprint density at radius 2 is 1.71 bits per heavy atom. The number of carbonyl (C=O) groups is 1. The van der Waals surface area contributed by atoms with E-state index in [1.54, 1.807) is 26.0 Å². The van der Waals surface area contributed by atoms with E-state index in [2.05, 4.69) is 12.1 Å². The highest BCUT2D eigenvalue weighted by molar-refractivity contribution is 5.98. The fourth-order valence-electron chi connectivity index (χ4n) is 3.25. The number of halogens is 1. The van der Waals surface area contributed by atoms with Gasteiger partial charge >= 0.3 is 0 Å². The summed E-state index contributed by atoms with van der Waals surface area (Å²) in [6.45, 7) is 3.44. The lowest BCUT2D eigenvalue weighted by Gasteiger charge is -2.23. The minimum Gasteiger partial charge on any atom is -0.294 e. The van der Waals surface area contributed by atoms with Gasteiger partial charge in [-0.15, -0.1) is 0 Å². The third-order valence-electron chi connectivity index (χ3n) is 4.44. The van der Waals surface area contributed by atoms with Crippen molar-refractivity contribution in [2.45, 2.75) is 33.1 Å². The molecule has 108 valence electrons. The average Bonchev–Trinajstić information content (AvgIpc) is 2.51. The second-order valence-corrected chi connectivity index (χ2v) is 6.00. The standard InChI is InChI=1S/C19H19FO/c1-12-9-17(10-13(2)18(12)20)19(21)16-8-7-14-5-3-4-6-15(14)11-16/h3-6,9-10,16H,7-8,11H2,1-2H3. The van der Waals surface area contributed by atoms with Crippen LogP contribution in [-0.4, -0.2) is 5.78 Å². The van der Waals surface area contributed by atoms with Crippen molar-refractivity contribution in [3.05, 3.63) is 70.0 Å². The lowest BCUT2D eigenvalue weighted by atomic mass is 9.80. The molecule has 1 nitrogen and oxygen atoms in total. The van der Waals surface area contributed by atoms with Gasteiger partial charge in [0, 0.05) is 11.5 Å². The fourth-order valence-corrected chi connectivity index (χ4v) is 3.25. The molecule has 1 aliphatic carbocycles. The summed E-state index contributed by atoms with van der Waals surface area (Å²) in [4.78, 5) is 12.7. The molecule has 1 atom stereocenters. The summed E-state index contributed by atoms with van der Waals surface area (Å²) in [6.07, 6.45) is 2.63. The van der Waals surface area contributed by atoms with Crippen LogP contribution in [0.5, 0.6) is 0 Å². The first-order valence-electron chi connectivity index (χ1n) is 7.44. The molecular formula is C19H19FO. The molecule has 0 aromatic heterocycles. The van der Waals surface area contributed by atoms with Gasteiger partial charge in [0.2, 0.25) is 0 Å². The van der Waals surface area contributed by atoms with E-state index in [0.717, 1.165) is 19.3 Å². The molecule has 3 rings (SSSR count). The zero-order chi connectivity index (χ0) is 15.0. The Balaban J connectivity index is 1.87. The van der Waals surface area contributed by atoms with Crippen LogP contribution in [0.2, 0.25) is 0 Å². The van der Waals surface area contributed by atoms with E-state index >= 15 is 0 Å². The molecule has 0 spiro atoms. The molecule has 0 aliphatic heterocycles. The molecule has 0 fully saturated rings. The van der Waals surface area contributed by atoms with Crippen LogP contribution in [0.3, 0.4) is 0 Å². The molecule has 0 amide bonds. The number of aryl methyl sites for hydroxylation is 3. The SMILES string of the molecule is Cc1cc(C(=O)C2CCc3ccccc3C2)cc(C)c1F. The molecule has 2 aromatic rings. The Bertz CT molecular complexity index is 679. The zero-order valence-electron chi connectivity index (χ0n) is 12.4. The molecule has 2 heteroatoms. The highest BCUT2D eigenvalue weighted by atomic mass is 19.1. The van der Waals surface area contributed by atoms with Gasteiger partial charge in [-0.1, -0.05) is 24.3 Å². The number of rotatable bonds is 2. The van der Waals surface area contributed by atoms with Crippen molar-refractivity contribution >= 4 is 5.78 Å². The van der Waals surface area contributed by atoms with Crippen molar-refractivity contribution in [3.8, 4) is 0 Å². The number of carbonyl (C=O) groups excluding carboxylic acids is 1. The van der Waals surface area contributed by atoms with Gasteiger partial charge in [0.15, 0.2) is 5.78 Å². The minimum absolute atomic E-state index is 0.0177. The number of ketones is 1. The van der Waals surface area contributed by atoms with Crippen LogP contribution < -0.4 is 0 Å². The molecule has 21 heavy (non-hydrogen) atoms. The van der Waals surface area contributed by atoms with Crippen LogP contribution in [-0.2, 0) is 12.8 Å². The smallest absolute Gasteiger partial charge is 0.166 e. The van der Waals surface area contributed by atoms with E-state index in [1.807, 2.05) is 12.1 Å². The van der Waals surface area contributed by atoms with Gasteiger partial charge in [-0.2, -0.15) is 0 Å². The van der Waals surface area contributed by atoms with Gasteiger partial charge in [0.05, 0.1) is 0 Å². The third kappa shape index (κ3) is 2.63. The zero-order valence-corrected chi connectivity index (χ0v) is 12.4. The lowest BCUT2D eigenvalue weighted by Crippen LogP contribution is -2.23. The Hall–Kier alpha value is -1.96. The van der Waals surface area contributed by atoms with Gasteiger partial charge in [0.25, 0.3) is 0 Å². The van der Waals surface area contributed by atoms with Gasteiger partial charge < -0.3 is 0 Å². The van der Waals surface area contributed by atoms with Crippen LogP contribution in [0.15, 0.2) is 36.4 Å². The number of benzene rings is 2. The van der Waals surface area contributed by atoms with Crippen molar-refractivity contribution in [1.82, 2.24) is 0 Å². The molecule has 0 saturated heterocycles. The molecule has 0 saturated carbocycles. The predicted octanol–water partition coefficient (Wildman–Crippen LogP) is 4.43. The number of hydrogen-bond acceptors (Lipinski definition) is 1. The predicted molar refractivity (Wildman–Crippen MR) is 82.2 cm³/mol. The summed E-state index contributed by atoms with van der Waals surface area (Å²) in [7, 11) is 0. The summed E-state index contributed by atoms with van der Waals surface area (Å²) >= 11 is 0. The van der Waals surface area contributed by atoms with E-state index < -0.39 is 0 Å². The van der Waals surface area contributed by atoms with Gasteiger partial charge in [-0.3, -0.25) is 4.79 Å². The molecular weight excluding hydrogens is 263 g/mol. The summed E-state index contributed by atoms with van der Waals surface area (Å²) in [5.41, 5.74) is 4.38. The summed E-state index contributed by atoms with van der Waals surface area (Å²) in [6, 6.07) is 11.7. The van der Waals surface area contributed by atoms with Gasteiger partial charge in [-0.05, 0) is 67.5 Å². The van der Waals surface area contributed by atoms with Crippen molar-refractivity contribution in [3.63, 3.8) is 0 Å². The minimum atomic E-state index is -0.208. The Morgan fingerprint density at radius 3 is 2.38 bits per heavy atom. The molecule has 0 radical (unpaired) electrons. The van der Waals surface area contributed by atoms with Crippen LogP contribution >= 0.6 is 0 Å². The monoisotopic (exact) mass is 282 g/mol. The van der Waals surface area contributed by atoms with E-state index in [9.17, 15) is 9.18 Å². The topological polar surface area (TPSA) is 17.1 Å². The summed E-state index contributed by atoms with van der Waals surface area (Å²) in [5.74, 6) is -0.0413. The maximum Gasteiger partial charge on any atom is 0.166 e. The van der Waals surface area contributed by atoms with Crippen LogP contribution in [0, 0.1) is 25.6 Å². The maximum atomic E-state index is 13.7. The Labute approximate surface area is 124 Å². The highest BCUT2D eigenvalue weighted by Gasteiger charge is 2.25. The quantitative estimate of drug-likeness (QED) is 0.745. The van der Waals surface area contributed by atoms with Gasteiger partial charge in [-0.25, -0.2) is 4.39 Å². The van der Waals surface area contributed by atoms with Gasteiger partial charge in [0.1, 0.15) is 5.82 Å². The van der Waals surface area contributed by atoms with Crippen LogP contribution in [0.4, 0.5) is 4.39 Å². The molecule has 1 unspecified atom stereocenters. The first kappa shape index (κ1) is 14.0. The Kier molecular flexibility index (Phi) is 3.62. The highest BCUT2D eigenvalue weighted by Crippen LogP contribution is 2.28. The summed E-state index contributed by atoms with van der Waals surface area (Å²) in [5, 5.41) is 0. The van der Waals surface area contributed by atoms with E-state index in [0.29, 0.717) is 16.7 Å². The molecule has 0 N–H and O–H groups in total. The second-order valence-electron chi connectivity index (χ2n) is 6.00. The van der Waals surface area contributed by atoms with Crippen molar-refractivity contribution in [2.75, 3.05) is 0 Å². The van der Waals surface area contributed by atoms with E-state index in [-0.39, 0.29) is 17.5 Å². The van der Waals surface area contributed by atoms with E-state index in [1.165, 1.54) is 11.1 Å². The molecule has 0 heterocycles. The average molecular weight is 282 g/mol.